The van der Waals surface area contributed by atoms with Crippen molar-refractivity contribution in [1.29, 1.82) is 0 Å². The summed E-state index contributed by atoms with van der Waals surface area (Å²) in [6, 6.07) is 3.95. The first-order valence-electron chi connectivity index (χ1n) is 6.71. The SMILES string of the molecule is O=C(NCc1cn(-c2cccs2)nn1)C1CC=CCC1. The molecule has 2 heterocycles. The molecule has 2 aromatic rings. The topological polar surface area (TPSA) is 59.8 Å². The standard InChI is InChI=1S/C14H16N4OS/c19-14(11-5-2-1-3-6-11)15-9-12-10-18(17-16-12)13-7-4-8-20-13/h1-2,4,7-8,10-11H,3,5-6,9H2,(H,15,19). The summed E-state index contributed by atoms with van der Waals surface area (Å²) in [6.45, 7) is 0.435. The molecule has 5 nitrogen and oxygen atoms in total. The Bertz CT molecular complexity index is 602. The third-order valence-electron chi connectivity index (χ3n) is 3.36. The van der Waals surface area contributed by atoms with Crippen LogP contribution >= 0.6 is 11.3 Å². The van der Waals surface area contributed by atoms with Gasteiger partial charge in [-0.3, -0.25) is 4.79 Å². The van der Waals surface area contributed by atoms with Crippen LogP contribution in [0.25, 0.3) is 5.00 Å². The second-order valence-corrected chi connectivity index (χ2v) is 5.73. The van der Waals surface area contributed by atoms with Gasteiger partial charge in [-0.2, -0.15) is 0 Å². The molecule has 0 saturated carbocycles. The van der Waals surface area contributed by atoms with Crippen molar-refractivity contribution in [2.45, 2.75) is 25.8 Å². The van der Waals surface area contributed by atoms with Crippen molar-refractivity contribution in [1.82, 2.24) is 20.3 Å². The molecule has 1 N–H and O–H groups in total. The Kier molecular flexibility index (Phi) is 3.92. The van der Waals surface area contributed by atoms with Crippen LogP contribution in [-0.4, -0.2) is 20.9 Å². The molecule has 1 aliphatic carbocycles. The lowest BCUT2D eigenvalue weighted by atomic mass is 9.94. The molecule has 1 unspecified atom stereocenters. The predicted molar refractivity (Wildman–Crippen MR) is 77.6 cm³/mol. The number of hydrogen-bond donors (Lipinski definition) is 1. The molecule has 0 bridgehead atoms. The van der Waals surface area contributed by atoms with Crippen molar-refractivity contribution >= 4 is 17.2 Å². The summed E-state index contributed by atoms with van der Waals surface area (Å²) in [6.07, 6.45) is 8.84. The number of hydrogen-bond acceptors (Lipinski definition) is 4. The average Bonchev–Trinajstić information content (AvgIpc) is 3.16. The Labute approximate surface area is 121 Å². The van der Waals surface area contributed by atoms with E-state index in [9.17, 15) is 4.79 Å². The molecule has 6 heteroatoms. The van der Waals surface area contributed by atoms with Crippen LogP contribution in [0.4, 0.5) is 0 Å². The van der Waals surface area contributed by atoms with Gasteiger partial charge in [0.15, 0.2) is 0 Å². The summed E-state index contributed by atoms with van der Waals surface area (Å²) >= 11 is 1.60. The summed E-state index contributed by atoms with van der Waals surface area (Å²) in [5.74, 6) is 0.215. The molecule has 1 atom stereocenters. The fourth-order valence-electron chi connectivity index (χ4n) is 2.24. The molecule has 0 spiro atoms. The number of carbonyl (C=O) groups is 1. The van der Waals surface area contributed by atoms with Gasteiger partial charge in [0.25, 0.3) is 0 Å². The number of nitrogens with zero attached hydrogens (tertiary/aromatic N) is 3. The number of thiophene rings is 1. The Morgan fingerprint density at radius 2 is 2.45 bits per heavy atom. The van der Waals surface area contributed by atoms with Crippen LogP contribution in [0.15, 0.2) is 35.9 Å². The van der Waals surface area contributed by atoms with Crippen LogP contribution in [0.5, 0.6) is 0 Å². The molecule has 0 aliphatic heterocycles. The Balaban J connectivity index is 1.56. The van der Waals surface area contributed by atoms with E-state index in [2.05, 4.69) is 27.8 Å². The fourth-order valence-corrected chi connectivity index (χ4v) is 2.89. The lowest BCUT2D eigenvalue weighted by Crippen LogP contribution is -2.30. The molecular weight excluding hydrogens is 272 g/mol. The van der Waals surface area contributed by atoms with Gasteiger partial charge < -0.3 is 5.32 Å². The van der Waals surface area contributed by atoms with Crippen molar-refractivity contribution in [3.63, 3.8) is 0 Å². The first-order valence-corrected chi connectivity index (χ1v) is 7.59. The fraction of sp³-hybridized carbons (Fsp3) is 0.357. The lowest BCUT2D eigenvalue weighted by Gasteiger charge is -2.16. The van der Waals surface area contributed by atoms with Crippen molar-refractivity contribution in [2.75, 3.05) is 0 Å². The zero-order chi connectivity index (χ0) is 13.8. The van der Waals surface area contributed by atoms with E-state index in [-0.39, 0.29) is 11.8 Å². The van der Waals surface area contributed by atoms with E-state index < -0.39 is 0 Å². The second-order valence-electron chi connectivity index (χ2n) is 4.80. The van der Waals surface area contributed by atoms with Crippen LogP contribution in [0.2, 0.25) is 0 Å². The number of rotatable bonds is 4. The highest BCUT2D eigenvalue weighted by Crippen LogP contribution is 2.18. The normalized spacial score (nSPS) is 18.1. The van der Waals surface area contributed by atoms with Crippen molar-refractivity contribution in [3.05, 3.63) is 41.6 Å². The first kappa shape index (κ1) is 13.1. The summed E-state index contributed by atoms with van der Waals surface area (Å²) < 4.78 is 1.73. The molecular formula is C14H16N4OS. The molecule has 20 heavy (non-hydrogen) atoms. The zero-order valence-corrected chi connectivity index (χ0v) is 11.8. The number of allylic oxidation sites excluding steroid dienone is 2. The minimum Gasteiger partial charge on any atom is -0.350 e. The van der Waals surface area contributed by atoms with Crippen LogP contribution in [0.3, 0.4) is 0 Å². The third kappa shape index (κ3) is 2.96. The van der Waals surface area contributed by atoms with E-state index in [1.807, 2.05) is 23.7 Å². The Morgan fingerprint density at radius 3 is 3.20 bits per heavy atom. The third-order valence-corrected chi connectivity index (χ3v) is 4.21. The minimum absolute atomic E-state index is 0.104. The van der Waals surface area contributed by atoms with E-state index >= 15 is 0 Å². The van der Waals surface area contributed by atoms with Crippen molar-refractivity contribution in [3.8, 4) is 5.00 Å². The van der Waals surface area contributed by atoms with Gasteiger partial charge in [-0.15, -0.1) is 16.4 Å². The number of nitrogens with one attached hydrogen (secondary N) is 1. The Morgan fingerprint density at radius 1 is 1.50 bits per heavy atom. The van der Waals surface area contributed by atoms with E-state index in [0.717, 1.165) is 30.0 Å². The second kappa shape index (κ2) is 6.00. The molecule has 1 aliphatic rings. The molecule has 0 aromatic carbocycles. The molecule has 0 fully saturated rings. The molecule has 1 amide bonds. The van der Waals surface area contributed by atoms with Crippen LogP contribution in [0.1, 0.15) is 25.0 Å². The maximum Gasteiger partial charge on any atom is 0.223 e. The summed E-state index contributed by atoms with van der Waals surface area (Å²) in [7, 11) is 0. The number of aromatic nitrogens is 3. The number of carbonyl (C=O) groups excluding carboxylic acids is 1. The molecule has 0 radical (unpaired) electrons. The van der Waals surface area contributed by atoms with Crippen LogP contribution in [-0.2, 0) is 11.3 Å². The Hall–Kier alpha value is -1.95. The smallest absolute Gasteiger partial charge is 0.223 e. The van der Waals surface area contributed by atoms with Gasteiger partial charge in [-0.25, -0.2) is 4.68 Å². The molecule has 0 saturated heterocycles. The maximum absolute atomic E-state index is 12.0. The van der Waals surface area contributed by atoms with Crippen molar-refractivity contribution in [2.24, 2.45) is 5.92 Å². The highest BCUT2D eigenvalue weighted by molar-refractivity contribution is 7.12. The van der Waals surface area contributed by atoms with Crippen LogP contribution < -0.4 is 5.32 Å². The van der Waals surface area contributed by atoms with E-state index in [1.165, 1.54) is 0 Å². The van der Waals surface area contributed by atoms with Crippen LogP contribution in [0, 0.1) is 5.92 Å². The molecule has 3 rings (SSSR count). The van der Waals surface area contributed by atoms with Gasteiger partial charge in [-0.1, -0.05) is 17.4 Å². The number of amides is 1. The summed E-state index contributed by atoms with van der Waals surface area (Å²) in [4.78, 5) is 12.0. The van der Waals surface area contributed by atoms with Gasteiger partial charge in [0.1, 0.15) is 10.7 Å². The molecule has 2 aromatic heterocycles. The van der Waals surface area contributed by atoms with E-state index in [4.69, 9.17) is 0 Å². The quantitative estimate of drug-likeness (QED) is 0.878. The van der Waals surface area contributed by atoms with E-state index in [1.54, 1.807) is 16.0 Å². The zero-order valence-electron chi connectivity index (χ0n) is 11.0. The highest BCUT2D eigenvalue weighted by Gasteiger charge is 2.18. The van der Waals surface area contributed by atoms with Gasteiger partial charge in [-0.05, 0) is 36.8 Å². The lowest BCUT2D eigenvalue weighted by molar-refractivity contribution is -0.125. The molecule has 104 valence electrons. The summed E-state index contributed by atoms with van der Waals surface area (Å²) in [5.41, 5.74) is 0.776. The minimum atomic E-state index is 0.104. The average molecular weight is 288 g/mol. The monoisotopic (exact) mass is 288 g/mol. The highest BCUT2D eigenvalue weighted by atomic mass is 32.1. The van der Waals surface area contributed by atoms with Crippen molar-refractivity contribution < 1.29 is 4.79 Å². The van der Waals surface area contributed by atoms with Gasteiger partial charge in [0.2, 0.25) is 5.91 Å². The maximum atomic E-state index is 12.0. The summed E-state index contributed by atoms with van der Waals surface area (Å²) in [5, 5.41) is 14.1. The van der Waals surface area contributed by atoms with Gasteiger partial charge in [0.05, 0.1) is 12.7 Å². The largest absolute Gasteiger partial charge is 0.350 e. The van der Waals surface area contributed by atoms with E-state index in [0.29, 0.717) is 6.54 Å². The predicted octanol–water partition coefficient (Wildman–Crippen LogP) is 2.30. The van der Waals surface area contributed by atoms with Gasteiger partial charge in [0, 0.05) is 5.92 Å². The first-order chi connectivity index (χ1) is 9.83. The van der Waals surface area contributed by atoms with Gasteiger partial charge >= 0.3 is 0 Å².